The molecule has 0 aromatic carbocycles. The first-order valence-electron chi connectivity index (χ1n) is 4.61. The molecule has 0 aromatic rings. The van der Waals surface area contributed by atoms with Crippen LogP contribution in [0.2, 0.25) is 0 Å². The first kappa shape index (κ1) is 11.1. The molecule has 84 valence electrons. The number of hydrogen-bond donors (Lipinski definition) is 0. The highest BCUT2D eigenvalue weighted by molar-refractivity contribution is 6.55. The molecule has 4 atom stereocenters. The average Bonchev–Trinajstić information content (AvgIpc) is 2.69. The summed E-state index contributed by atoms with van der Waals surface area (Å²) in [5.41, 5.74) is 0. The van der Waals surface area contributed by atoms with E-state index in [9.17, 15) is 9.59 Å². The van der Waals surface area contributed by atoms with Crippen molar-refractivity contribution in [3.8, 4) is 0 Å². The van der Waals surface area contributed by atoms with Crippen LogP contribution in [-0.2, 0) is 9.59 Å². The summed E-state index contributed by atoms with van der Waals surface area (Å²) < 4.78 is 0. The average molecular weight is 298 g/mol. The summed E-state index contributed by atoms with van der Waals surface area (Å²) in [7, 11) is 0. The summed E-state index contributed by atoms with van der Waals surface area (Å²) in [6.45, 7) is 0. The van der Waals surface area contributed by atoms with Crippen molar-refractivity contribution in [3.05, 3.63) is 21.2 Å². The highest BCUT2D eigenvalue weighted by atomic mass is 35.5. The summed E-state index contributed by atoms with van der Waals surface area (Å²) in [5.74, 6) is -2.28. The van der Waals surface area contributed by atoms with Gasteiger partial charge in [-0.25, -0.2) is 0 Å². The third-order valence-electron chi connectivity index (χ3n) is 3.51. The van der Waals surface area contributed by atoms with Crippen LogP contribution in [0.15, 0.2) is 21.2 Å². The van der Waals surface area contributed by atoms with E-state index in [1.54, 1.807) is 0 Å². The van der Waals surface area contributed by atoms with Crippen LogP contribution >= 0.6 is 46.4 Å². The van der Waals surface area contributed by atoms with E-state index in [1.807, 2.05) is 0 Å². The van der Waals surface area contributed by atoms with Gasteiger partial charge in [-0.05, 0) is 0 Å². The molecule has 0 radical (unpaired) electrons. The van der Waals surface area contributed by atoms with Gasteiger partial charge >= 0.3 is 0 Å². The maximum Gasteiger partial charge on any atom is 0.180 e. The van der Waals surface area contributed by atoms with Gasteiger partial charge in [0.25, 0.3) is 0 Å². The van der Waals surface area contributed by atoms with E-state index < -0.39 is 22.6 Å². The van der Waals surface area contributed by atoms with Crippen molar-refractivity contribution < 1.29 is 9.59 Å². The summed E-state index contributed by atoms with van der Waals surface area (Å²) in [4.78, 5) is 22.4. The molecule has 1 fully saturated rings. The molecule has 0 amide bonds. The number of halogens is 4. The van der Waals surface area contributed by atoms with E-state index in [0.717, 1.165) is 0 Å². The van der Waals surface area contributed by atoms with Gasteiger partial charge in [0, 0.05) is 21.9 Å². The van der Waals surface area contributed by atoms with E-state index in [2.05, 4.69) is 0 Å². The molecule has 0 N–H and O–H groups in total. The largest absolute Gasteiger partial charge is 0.297 e. The fourth-order valence-corrected chi connectivity index (χ4v) is 4.26. The van der Waals surface area contributed by atoms with Crippen LogP contribution < -0.4 is 0 Å². The van der Waals surface area contributed by atoms with Gasteiger partial charge in [0.2, 0.25) is 0 Å². The minimum atomic E-state index is -1.37. The first-order valence-corrected chi connectivity index (χ1v) is 6.12. The molecule has 2 bridgehead atoms. The second kappa shape index (κ2) is 3.05. The van der Waals surface area contributed by atoms with Crippen LogP contribution in [0.25, 0.3) is 0 Å². The summed E-state index contributed by atoms with van der Waals surface area (Å²) in [6, 6.07) is 0. The van der Waals surface area contributed by atoms with Crippen LogP contribution in [-0.4, -0.2) is 16.4 Å². The molecule has 0 aliphatic heterocycles. The molecule has 3 aliphatic rings. The molecular formula is C10H4Cl4O2. The topological polar surface area (TPSA) is 34.1 Å². The van der Waals surface area contributed by atoms with Gasteiger partial charge in [-0.15, -0.1) is 11.6 Å². The number of ketones is 2. The standard InChI is InChI=1S/C10H4Cl4O2/c11-3-1-2-4-5(10(3,14)9(2)16)6(12)7(13)8(4)15/h1-2,4-5H/t2-,4+,5-,10-/m1/s1. The van der Waals surface area contributed by atoms with Gasteiger partial charge in [-0.3, -0.25) is 9.59 Å². The molecule has 1 saturated carbocycles. The van der Waals surface area contributed by atoms with Crippen molar-refractivity contribution in [2.75, 3.05) is 0 Å². The Balaban J connectivity index is 2.24. The van der Waals surface area contributed by atoms with Crippen molar-refractivity contribution in [1.82, 2.24) is 0 Å². The second-order valence-electron chi connectivity index (χ2n) is 4.15. The normalized spacial score (nSPS) is 45.5. The number of hydrogen-bond acceptors (Lipinski definition) is 2. The highest BCUT2D eigenvalue weighted by Crippen LogP contribution is 2.63. The molecule has 16 heavy (non-hydrogen) atoms. The van der Waals surface area contributed by atoms with Crippen molar-refractivity contribution in [2.45, 2.75) is 4.87 Å². The number of alkyl halides is 1. The van der Waals surface area contributed by atoms with Gasteiger partial charge in [-0.1, -0.05) is 40.9 Å². The van der Waals surface area contributed by atoms with E-state index in [1.165, 1.54) is 6.08 Å². The van der Waals surface area contributed by atoms with Crippen molar-refractivity contribution in [3.63, 3.8) is 0 Å². The Hall–Kier alpha value is -0.0200. The molecule has 0 unspecified atom stereocenters. The molecule has 3 aliphatic carbocycles. The third kappa shape index (κ3) is 0.943. The lowest BCUT2D eigenvalue weighted by atomic mass is 9.84. The van der Waals surface area contributed by atoms with Crippen molar-refractivity contribution >= 4 is 58.0 Å². The zero-order chi connectivity index (χ0) is 11.8. The zero-order valence-corrected chi connectivity index (χ0v) is 10.7. The molecule has 3 rings (SSSR count). The number of carbonyl (C=O) groups is 2. The smallest absolute Gasteiger partial charge is 0.180 e. The molecule has 0 heterocycles. The molecular weight excluding hydrogens is 294 g/mol. The third-order valence-corrected chi connectivity index (χ3v) is 5.57. The Kier molecular flexibility index (Phi) is 2.11. The maximum absolute atomic E-state index is 12.0. The van der Waals surface area contributed by atoms with Crippen LogP contribution in [0, 0.1) is 17.8 Å². The molecule has 0 aromatic heterocycles. The number of carbonyl (C=O) groups excluding carboxylic acids is 2. The van der Waals surface area contributed by atoms with Gasteiger partial charge in [0.05, 0.1) is 11.0 Å². The van der Waals surface area contributed by atoms with Crippen molar-refractivity contribution in [2.24, 2.45) is 17.8 Å². The minimum Gasteiger partial charge on any atom is -0.297 e. The van der Waals surface area contributed by atoms with Crippen LogP contribution in [0.3, 0.4) is 0 Å². The van der Waals surface area contributed by atoms with E-state index in [-0.39, 0.29) is 26.7 Å². The number of rotatable bonds is 0. The summed E-state index contributed by atoms with van der Waals surface area (Å²) >= 11 is 24.0. The fraction of sp³-hybridized carbons (Fsp3) is 0.400. The predicted octanol–water partition coefficient (Wildman–Crippen LogP) is 2.80. The Morgan fingerprint density at radius 2 is 1.81 bits per heavy atom. The lowest BCUT2D eigenvalue weighted by molar-refractivity contribution is -0.124. The Labute approximate surface area is 111 Å². The Morgan fingerprint density at radius 1 is 1.19 bits per heavy atom. The monoisotopic (exact) mass is 296 g/mol. The lowest BCUT2D eigenvalue weighted by Crippen LogP contribution is -2.34. The summed E-state index contributed by atoms with van der Waals surface area (Å²) in [6.07, 6.45) is 1.54. The van der Waals surface area contributed by atoms with Gasteiger partial charge in [0.1, 0.15) is 4.87 Å². The van der Waals surface area contributed by atoms with Crippen LogP contribution in [0.5, 0.6) is 0 Å². The minimum absolute atomic E-state index is 0.0149. The zero-order valence-electron chi connectivity index (χ0n) is 7.64. The van der Waals surface area contributed by atoms with Crippen LogP contribution in [0.4, 0.5) is 0 Å². The maximum atomic E-state index is 12.0. The Bertz CT molecular complexity index is 507. The SMILES string of the molecule is O=C1C(Cl)=C(Cl)[C@H]2[C@@H]1[C@H]1C=C(Cl)[C@]2(Cl)C1=O. The number of Topliss-reactive ketones (excluding diaryl/α,β-unsaturated/α-hetero) is 2. The first-order chi connectivity index (χ1) is 7.40. The van der Waals surface area contributed by atoms with Gasteiger partial charge in [-0.2, -0.15) is 0 Å². The molecule has 6 heteroatoms. The molecule has 0 spiro atoms. The van der Waals surface area contributed by atoms with Gasteiger partial charge in [0.15, 0.2) is 11.6 Å². The lowest BCUT2D eigenvalue weighted by Gasteiger charge is -2.26. The van der Waals surface area contributed by atoms with E-state index in [4.69, 9.17) is 46.4 Å². The summed E-state index contributed by atoms with van der Waals surface area (Å²) in [5, 5.41) is 0.399. The fourth-order valence-electron chi connectivity index (χ4n) is 2.79. The highest BCUT2D eigenvalue weighted by Gasteiger charge is 2.70. The predicted molar refractivity (Wildman–Crippen MR) is 61.7 cm³/mol. The van der Waals surface area contributed by atoms with E-state index in [0.29, 0.717) is 0 Å². The molecule has 2 nitrogen and oxygen atoms in total. The van der Waals surface area contributed by atoms with Crippen molar-refractivity contribution in [1.29, 1.82) is 0 Å². The quantitative estimate of drug-likeness (QED) is 0.644. The number of allylic oxidation sites excluding steroid dienone is 4. The number of fused-ring (bicyclic) bond motifs is 5. The van der Waals surface area contributed by atoms with Crippen LogP contribution in [0.1, 0.15) is 0 Å². The van der Waals surface area contributed by atoms with Gasteiger partial charge < -0.3 is 0 Å². The second-order valence-corrected chi connectivity index (χ2v) is 5.93. The van der Waals surface area contributed by atoms with E-state index >= 15 is 0 Å². The molecule has 0 saturated heterocycles. The Morgan fingerprint density at radius 3 is 2.44 bits per heavy atom.